The normalized spacial score (nSPS) is 11.4. The second-order valence-electron chi connectivity index (χ2n) is 4.03. The van der Waals surface area contributed by atoms with E-state index in [1.807, 2.05) is 0 Å². The first-order chi connectivity index (χ1) is 9.49. The lowest BCUT2D eigenvalue weighted by atomic mass is 10.2. The Morgan fingerprint density at radius 3 is 2.55 bits per heavy atom. The van der Waals surface area contributed by atoms with Gasteiger partial charge in [0, 0.05) is 25.5 Å². The molecule has 20 heavy (non-hydrogen) atoms. The molecule has 8 heteroatoms. The zero-order valence-corrected chi connectivity index (χ0v) is 11.2. The van der Waals surface area contributed by atoms with Crippen LogP contribution in [-0.2, 0) is 16.6 Å². The van der Waals surface area contributed by atoms with E-state index in [1.54, 1.807) is 23.3 Å². The second-order valence-corrected chi connectivity index (χ2v) is 5.79. The third-order valence-corrected chi connectivity index (χ3v) is 4.11. The van der Waals surface area contributed by atoms with E-state index < -0.39 is 16.0 Å². The summed E-state index contributed by atoms with van der Waals surface area (Å²) in [5.41, 5.74) is 0.0439. The fourth-order valence-corrected chi connectivity index (χ4v) is 2.61. The van der Waals surface area contributed by atoms with Crippen molar-refractivity contribution in [1.82, 2.24) is 14.3 Å². The maximum absolute atomic E-state index is 12.0. The number of carbonyl (C=O) groups is 1. The van der Waals surface area contributed by atoms with E-state index in [4.69, 9.17) is 5.11 Å². The number of rotatable bonds is 6. The Labute approximate surface area is 115 Å². The molecule has 0 saturated carbocycles. The van der Waals surface area contributed by atoms with Gasteiger partial charge in [-0.15, -0.1) is 0 Å². The Bertz CT molecular complexity index is 678. The van der Waals surface area contributed by atoms with Gasteiger partial charge >= 0.3 is 5.97 Å². The largest absolute Gasteiger partial charge is 0.478 e. The summed E-state index contributed by atoms with van der Waals surface area (Å²) in [5, 5.41) is 8.75. The Balaban J connectivity index is 2.00. The van der Waals surface area contributed by atoms with Crippen LogP contribution in [0.2, 0.25) is 0 Å². The molecular formula is C12H13N3O4S. The molecule has 0 aliphatic heterocycles. The zero-order valence-electron chi connectivity index (χ0n) is 10.4. The van der Waals surface area contributed by atoms with Crippen LogP contribution in [0.3, 0.4) is 0 Å². The number of hydrogen-bond donors (Lipinski definition) is 2. The lowest BCUT2D eigenvalue weighted by Crippen LogP contribution is -2.27. The molecule has 0 bridgehead atoms. The fourth-order valence-electron chi connectivity index (χ4n) is 1.59. The third-order valence-electron chi connectivity index (χ3n) is 2.63. The maximum Gasteiger partial charge on any atom is 0.335 e. The highest BCUT2D eigenvalue weighted by Crippen LogP contribution is 2.10. The van der Waals surface area contributed by atoms with Crippen molar-refractivity contribution in [3.8, 4) is 0 Å². The van der Waals surface area contributed by atoms with Crippen molar-refractivity contribution in [2.24, 2.45) is 0 Å². The van der Waals surface area contributed by atoms with Crippen molar-refractivity contribution in [3.63, 3.8) is 0 Å². The van der Waals surface area contributed by atoms with Gasteiger partial charge in [0.05, 0.1) is 16.8 Å². The van der Waals surface area contributed by atoms with Gasteiger partial charge in [0.15, 0.2) is 0 Å². The van der Waals surface area contributed by atoms with Crippen LogP contribution in [0.15, 0.2) is 47.9 Å². The molecule has 7 nitrogen and oxygen atoms in total. The van der Waals surface area contributed by atoms with E-state index in [-0.39, 0.29) is 17.0 Å². The van der Waals surface area contributed by atoms with Gasteiger partial charge in [-0.25, -0.2) is 22.9 Å². The molecule has 2 rings (SSSR count). The van der Waals surface area contributed by atoms with Gasteiger partial charge < -0.3 is 9.67 Å². The van der Waals surface area contributed by atoms with Crippen LogP contribution < -0.4 is 4.72 Å². The topological polar surface area (TPSA) is 101 Å². The van der Waals surface area contributed by atoms with Crippen molar-refractivity contribution in [2.75, 3.05) is 6.54 Å². The molecule has 0 unspecified atom stereocenters. The quantitative estimate of drug-likeness (QED) is 0.811. The highest BCUT2D eigenvalue weighted by atomic mass is 32.2. The Morgan fingerprint density at radius 1 is 1.30 bits per heavy atom. The van der Waals surface area contributed by atoms with Gasteiger partial charge in [-0.3, -0.25) is 0 Å². The summed E-state index contributed by atoms with van der Waals surface area (Å²) in [6.07, 6.45) is 4.94. The van der Waals surface area contributed by atoms with Gasteiger partial charge in [0.25, 0.3) is 0 Å². The first-order valence-corrected chi connectivity index (χ1v) is 7.26. The highest BCUT2D eigenvalue weighted by Gasteiger charge is 2.14. The molecule has 0 radical (unpaired) electrons. The summed E-state index contributed by atoms with van der Waals surface area (Å²) < 4.78 is 28.1. The standard InChI is InChI=1S/C12H13N3O4S/c16-12(17)10-1-3-11(4-2-10)20(18,19)14-6-8-15-7-5-13-9-15/h1-5,7,9,14H,6,8H2,(H,16,17). The van der Waals surface area contributed by atoms with E-state index in [1.165, 1.54) is 24.3 Å². The number of hydrogen-bond acceptors (Lipinski definition) is 4. The molecule has 0 aliphatic carbocycles. The zero-order chi connectivity index (χ0) is 14.6. The number of nitrogens with one attached hydrogen (secondary N) is 1. The Hall–Kier alpha value is -2.19. The maximum atomic E-state index is 12.0. The molecule has 0 saturated heterocycles. The number of benzene rings is 1. The summed E-state index contributed by atoms with van der Waals surface area (Å²) in [7, 11) is -3.63. The predicted octanol–water partition coefficient (Wildman–Crippen LogP) is 0.560. The van der Waals surface area contributed by atoms with Crippen molar-refractivity contribution < 1.29 is 18.3 Å². The average Bonchev–Trinajstić information content (AvgIpc) is 2.92. The van der Waals surface area contributed by atoms with Crippen LogP contribution in [0.25, 0.3) is 0 Å². The van der Waals surface area contributed by atoms with Crippen LogP contribution in [0.1, 0.15) is 10.4 Å². The van der Waals surface area contributed by atoms with Crippen LogP contribution in [0.4, 0.5) is 0 Å². The highest BCUT2D eigenvalue weighted by molar-refractivity contribution is 7.89. The summed E-state index contributed by atoms with van der Waals surface area (Å²) in [5.74, 6) is -1.10. The predicted molar refractivity (Wildman–Crippen MR) is 70.8 cm³/mol. The Morgan fingerprint density at radius 2 is 2.00 bits per heavy atom. The molecule has 1 heterocycles. The van der Waals surface area contributed by atoms with Crippen LogP contribution >= 0.6 is 0 Å². The van der Waals surface area contributed by atoms with Crippen molar-refractivity contribution >= 4 is 16.0 Å². The number of aromatic carboxylic acids is 1. The first-order valence-electron chi connectivity index (χ1n) is 5.78. The van der Waals surface area contributed by atoms with Gasteiger partial charge in [-0.2, -0.15) is 0 Å². The van der Waals surface area contributed by atoms with Crippen LogP contribution in [0, 0.1) is 0 Å². The lowest BCUT2D eigenvalue weighted by molar-refractivity contribution is 0.0696. The van der Waals surface area contributed by atoms with Crippen molar-refractivity contribution in [3.05, 3.63) is 48.5 Å². The Kier molecular flexibility index (Phi) is 4.16. The summed E-state index contributed by atoms with van der Waals surface area (Å²) in [6.45, 7) is 0.686. The minimum atomic E-state index is -3.63. The molecule has 0 fully saturated rings. The van der Waals surface area contributed by atoms with E-state index >= 15 is 0 Å². The summed E-state index contributed by atoms with van der Waals surface area (Å²) >= 11 is 0. The van der Waals surface area contributed by atoms with Crippen molar-refractivity contribution in [2.45, 2.75) is 11.4 Å². The summed E-state index contributed by atoms with van der Waals surface area (Å²) in [6, 6.07) is 5.05. The molecule has 0 aliphatic rings. The first kappa shape index (κ1) is 14.2. The monoisotopic (exact) mass is 295 g/mol. The van der Waals surface area contributed by atoms with Gasteiger partial charge in [-0.05, 0) is 24.3 Å². The molecule has 2 aromatic rings. The molecule has 106 valence electrons. The van der Waals surface area contributed by atoms with Gasteiger partial charge in [0.2, 0.25) is 10.0 Å². The number of carboxylic acids is 1. The van der Waals surface area contributed by atoms with E-state index in [0.717, 1.165) is 0 Å². The van der Waals surface area contributed by atoms with Crippen LogP contribution in [0.5, 0.6) is 0 Å². The molecule has 1 aromatic heterocycles. The fraction of sp³-hybridized carbons (Fsp3) is 0.167. The summed E-state index contributed by atoms with van der Waals surface area (Å²) in [4.78, 5) is 14.6. The second kappa shape index (κ2) is 5.85. The van der Waals surface area contributed by atoms with Gasteiger partial charge in [-0.1, -0.05) is 0 Å². The lowest BCUT2D eigenvalue weighted by Gasteiger charge is -2.07. The number of nitrogens with zero attached hydrogens (tertiary/aromatic N) is 2. The number of carboxylic acid groups (broad SMARTS) is 1. The SMILES string of the molecule is O=C(O)c1ccc(S(=O)(=O)NCCn2ccnc2)cc1. The van der Waals surface area contributed by atoms with Crippen LogP contribution in [-0.4, -0.2) is 35.6 Å². The number of aromatic nitrogens is 2. The smallest absolute Gasteiger partial charge is 0.335 e. The van der Waals surface area contributed by atoms with Crippen molar-refractivity contribution in [1.29, 1.82) is 0 Å². The average molecular weight is 295 g/mol. The van der Waals surface area contributed by atoms with E-state index in [9.17, 15) is 13.2 Å². The number of sulfonamides is 1. The molecule has 0 atom stereocenters. The van der Waals surface area contributed by atoms with Gasteiger partial charge in [0.1, 0.15) is 0 Å². The molecule has 2 N–H and O–H groups in total. The molecule has 1 aromatic carbocycles. The minimum absolute atomic E-state index is 0.0353. The minimum Gasteiger partial charge on any atom is -0.478 e. The van der Waals surface area contributed by atoms with E-state index in [2.05, 4.69) is 9.71 Å². The number of imidazole rings is 1. The molecule has 0 amide bonds. The third kappa shape index (κ3) is 3.43. The van der Waals surface area contributed by atoms with E-state index in [0.29, 0.717) is 6.54 Å². The molecular weight excluding hydrogens is 282 g/mol. The molecule has 0 spiro atoms.